The maximum absolute atomic E-state index is 12.8. The Kier molecular flexibility index (Phi) is 6.20. The van der Waals surface area contributed by atoms with Gasteiger partial charge in [-0.2, -0.15) is 0 Å². The molecule has 0 bridgehead atoms. The van der Waals surface area contributed by atoms with E-state index in [2.05, 4.69) is 11.9 Å². The van der Waals surface area contributed by atoms with Gasteiger partial charge in [-0.05, 0) is 36.2 Å². The lowest BCUT2D eigenvalue weighted by molar-refractivity contribution is 0.0946. The van der Waals surface area contributed by atoms with Crippen molar-refractivity contribution in [2.75, 3.05) is 20.6 Å². The van der Waals surface area contributed by atoms with Crippen molar-refractivity contribution < 1.29 is 13.2 Å². The molecule has 0 fully saturated rings. The largest absolute Gasteiger partial charge is 0.350 e. The summed E-state index contributed by atoms with van der Waals surface area (Å²) in [5.74, 6) is -0.198. The third-order valence-electron chi connectivity index (χ3n) is 4.74. The van der Waals surface area contributed by atoms with Gasteiger partial charge in [0.25, 0.3) is 5.91 Å². The molecule has 0 saturated heterocycles. The Balaban J connectivity index is 1.88. The second-order valence-corrected chi connectivity index (χ2v) is 9.08. The summed E-state index contributed by atoms with van der Waals surface area (Å²) in [5.41, 5.74) is 2.42. The van der Waals surface area contributed by atoms with Crippen LogP contribution in [0.5, 0.6) is 0 Å². The number of fused-ring (bicyclic) bond motifs is 1. The van der Waals surface area contributed by atoms with Crippen molar-refractivity contribution in [1.82, 2.24) is 14.2 Å². The summed E-state index contributed by atoms with van der Waals surface area (Å²) >= 11 is 0. The van der Waals surface area contributed by atoms with Crippen LogP contribution in [0.1, 0.15) is 16.1 Å². The van der Waals surface area contributed by atoms with E-state index in [1.807, 2.05) is 34.9 Å². The molecule has 0 aliphatic carbocycles. The first-order chi connectivity index (χ1) is 13.8. The van der Waals surface area contributed by atoms with E-state index in [0.29, 0.717) is 24.2 Å². The predicted molar refractivity (Wildman–Crippen MR) is 115 cm³/mol. The van der Waals surface area contributed by atoms with Gasteiger partial charge in [-0.25, -0.2) is 12.7 Å². The number of hydrogen-bond donors (Lipinski definition) is 1. The van der Waals surface area contributed by atoms with Crippen LogP contribution in [0.15, 0.2) is 72.1 Å². The van der Waals surface area contributed by atoms with Gasteiger partial charge >= 0.3 is 0 Å². The van der Waals surface area contributed by atoms with E-state index < -0.39 is 10.0 Å². The van der Waals surface area contributed by atoms with E-state index in [9.17, 15) is 13.2 Å². The van der Waals surface area contributed by atoms with E-state index in [0.717, 1.165) is 17.5 Å². The maximum Gasteiger partial charge on any atom is 0.267 e. The zero-order valence-electron chi connectivity index (χ0n) is 16.6. The van der Waals surface area contributed by atoms with E-state index in [1.54, 1.807) is 30.3 Å². The summed E-state index contributed by atoms with van der Waals surface area (Å²) in [5, 5.41) is 3.65. The molecule has 0 aliphatic heterocycles. The van der Waals surface area contributed by atoms with Crippen molar-refractivity contribution >= 4 is 26.8 Å². The number of hydrogen-bond acceptors (Lipinski definition) is 3. The van der Waals surface area contributed by atoms with Crippen molar-refractivity contribution in [3.8, 4) is 0 Å². The number of aromatic nitrogens is 1. The minimum absolute atomic E-state index is 0.196. The van der Waals surface area contributed by atoms with Crippen molar-refractivity contribution in [1.29, 1.82) is 0 Å². The number of nitrogens with one attached hydrogen (secondary N) is 1. The standard InChI is InChI=1S/C22H25N3O3S/c1-4-14-25-20-11-10-19(29(27,28)24(2)3)15-18(20)16-21(25)22(26)23-13-12-17-8-6-5-7-9-17/h4-11,15-16H,1,12-14H2,2-3H3,(H,23,26). The lowest BCUT2D eigenvalue weighted by atomic mass is 10.1. The van der Waals surface area contributed by atoms with Crippen LogP contribution >= 0.6 is 0 Å². The molecule has 0 spiro atoms. The highest BCUT2D eigenvalue weighted by Crippen LogP contribution is 2.25. The summed E-state index contributed by atoms with van der Waals surface area (Å²) in [6, 6.07) is 16.6. The summed E-state index contributed by atoms with van der Waals surface area (Å²) in [6.07, 6.45) is 2.45. The first kappa shape index (κ1) is 20.8. The Morgan fingerprint density at radius 3 is 2.52 bits per heavy atom. The van der Waals surface area contributed by atoms with Crippen LogP contribution in [0.3, 0.4) is 0 Å². The third-order valence-corrected chi connectivity index (χ3v) is 6.55. The van der Waals surface area contributed by atoms with E-state index in [4.69, 9.17) is 0 Å². The fourth-order valence-corrected chi connectivity index (χ4v) is 4.13. The Bertz CT molecular complexity index is 1130. The van der Waals surface area contributed by atoms with Gasteiger partial charge in [-0.1, -0.05) is 36.4 Å². The number of carbonyl (C=O) groups is 1. The summed E-state index contributed by atoms with van der Waals surface area (Å²) < 4.78 is 27.9. The molecule has 29 heavy (non-hydrogen) atoms. The highest BCUT2D eigenvalue weighted by molar-refractivity contribution is 7.89. The highest BCUT2D eigenvalue weighted by Gasteiger charge is 2.20. The zero-order chi connectivity index (χ0) is 21.0. The number of rotatable bonds is 8. The topological polar surface area (TPSA) is 71.4 Å². The molecule has 152 valence electrons. The number of sulfonamides is 1. The SMILES string of the molecule is C=CCn1c(C(=O)NCCc2ccccc2)cc2cc(S(=O)(=O)N(C)C)ccc21. The first-order valence-electron chi connectivity index (χ1n) is 9.33. The van der Waals surface area contributed by atoms with Crippen molar-refractivity contribution in [3.05, 3.63) is 78.5 Å². The molecule has 0 radical (unpaired) electrons. The number of nitrogens with zero attached hydrogens (tertiary/aromatic N) is 2. The summed E-state index contributed by atoms with van der Waals surface area (Å²) in [4.78, 5) is 13.0. The maximum atomic E-state index is 12.8. The average molecular weight is 412 g/mol. The van der Waals surface area contributed by atoms with Gasteiger partial charge in [0.15, 0.2) is 0 Å². The average Bonchev–Trinajstić information content (AvgIpc) is 3.07. The van der Waals surface area contributed by atoms with Gasteiger partial charge in [0, 0.05) is 38.1 Å². The highest BCUT2D eigenvalue weighted by atomic mass is 32.2. The van der Waals surface area contributed by atoms with Crippen molar-refractivity contribution in [3.63, 3.8) is 0 Å². The fourth-order valence-electron chi connectivity index (χ4n) is 3.19. The Labute approximate surface area is 171 Å². The van der Waals surface area contributed by atoms with Gasteiger partial charge in [0.05, 0.1) is 4.90 Å². The Hall–Kier alpha value is -2.90. The molecule has 1 amide bonds. The van der Waals surface area contributed by atoms with E-state index in [-0.39, 0.29) is 10.8 Å². The minimum Gasteiger partial charge on any atom is -0.350 e. The van der Waals surface area contributed by atoms with Crippen molar-refractivity contribution in [2.24, 2.45) is 0 Å². The van der Waals surface area contributed by atoms with Crippen LogP contribution in [0.25, 0.3) is 10.9 Å². The normalized spacial score (nSPS) is 11.7. The lowest BCUT2D eigenvalue weighted by Crippen LogP contribution is -2.27. The second-order valence-electron chi connectivity index (χ2n) is 6.93. The molecule has 0 atom stereocenters. The Morgan fingerprint density at radius 2 is 1.86 bits per heavy atom. The second kappa shape index (κ2) is 8.63. The molecule has 0 saturated carbocycles. The Morgan fingerprint density at radius 1 is 1.14 bits per heavy atom. The number of allylic oxidation sites excluding steroid dienone is 1. The van der Waals surface area contributed by atoms with Gasteiger partial charge in [-0.15, -0.1) is 6.58 Å². The number of amides is 1. The van der Waals surface area contributed by atoms with Crippen LogP contribution in [0.4, 0.5) is 0 Å². The van der Waals surface area contributed by atoms with Gasteiger partial charge < -0.3 is 9.88 Å². The molecule has 0 aliphatic rings. The molecular formula is C22H25N3O3S. The quantitative estimate of drug-likeness (QED) is 0.579. The molecule has 0 unspecified atom stereocenters. The minimum atomic E-state index is -3.55. The number of benzene rings is 2. The first-order valence-corrected chi connectivity index (χ1v) is 10.8. The zero-order valence-corrected chi connectivity index (χ0v) is 17.4. The lowest BCUT2D eigenvalue weighted by Gasteiger charge is -2.12. The van der Waals surface area contributed by atoms with Crippen molar-refractivity contribution in [2.45, 2.75) is 17.9 Å². The van der Waals surface area contributed by atoms with E-state index in [1.165, 1.54) is 18.4 Å². The summed E-state index contributed by atoms with van der Waals surface area (Å²) in [7, 11) is -0.558. The van der Waals surface area contributed by atoms with Crippen LogP contribution in [-0.4, -0.2) is 43.8 Å². The fraction of sp³-hybridized carbons (Fsp3) is 0.227. The third kappa shape index (κ3) is 4.41. The monoisotopic (exact) mass is 411 g/mol. The summed E-state index contributed by atoms with van der Waals surface area (Å²) in [6.45, 7) is 4.73. The predicted octanol–water partition coefficient (Wildman–Crippen LogP) is 3.05. The van der Waals surface area contributed by atoms with Crippen LogP contribution in [0, 0.1) is 0 Å². The molecule has 7 heteroatoms. The molecule has 1 aromatic heterocycles. The molecular weight excluding hydrogens is 386 g/mol. The molecule has 1 heterocycles. The van der Waals surface area contributed by atoms with Crippen LogP contribution < -0.4 is 5.32 Å². The van der Waals surface area contributed by atoms with Gasteiger partial charge in [0.2, 0.25) is 10.0 Å². The van der Waals surface area contributed by atoms with Crippen LogP contribution in [0.2, 0.25) is 0 Å². The van der Waals surface area contributed by atoms with E-state index >= 15 is 0 Å². The van der Waals surface area contributed by atoms with Gasteiger partial charge in [-0.3, -0.25) is 4.79 Å². The molecule has 2 aromatic carbocycles. The molecule has 1 N–H and O–H groups in total. The number of carbonyl (C=O) groups excluding carboxylic acids is 1. The van der Waals surface area contributed by atoms with Crippen LogP contribution in [-0.2, 0) is 23.0 Å². The molecule has 3 rings (SSSR count). The smallest absolute Gasteiger partial charge is 0.267 e. The molecule has 3 aromatic rings. The van der Waals surface area contributed by atoms with Gasteiger partial charge in [0.1, 0.15) is 5.69 Å². The molecule has 6 nitrogen and oxygen atoms in total.